The van der Waals surface area contributed by atoms with Crippen LogP contribution in [0.3, 0.4) is 0 Å². The minimum absolute atomic E-state index is 0.0523. The lowest BCUT2D eigenvalue weighted by Crippen LogP contribution is -2.39. The Kier molecular flexibility index (Phi) is 2.73. The molecular weight excluding hydrogens is 228 g/mol. The van der Waals surface area contributed by atoms with E-state index in [2.05, 4.69) is 10.3 Å². The zero-order valence-corrected chi connectivity index (χ0v) is 10.5. The third kappa shape index (κ3) is 1.85. The molecule has 0 aromatic carbocycles. The van der Waals surface area contributed by atoms with Crippen LogP contribution in [0.1, 0.15) is 24.8 Å². The van der Waals surface area contributed by atoms with E-state index in [4.69, 9.17) is 0 Å². The Balaban J connectivity index is 1.79. The molecule has 3 rings (SSSR count). The summed E-state index contributed by atoms with van der Waals surface area (Å²) in [6.07, 6.45) is 5.09. The number of rotatable bonds is 3. The van der Waals surface area contributed by atoms with Crippen molar-refractivity contribution >= 4 is 11.8 Å². The Bertz CT molecular complexity index is 457. The summed E-state index contributed by atoms with van der Waals surface area (Å²) < 4.78 is 0. The van der Waals surface area contributed by atoms with Crippen molar-refractivity contribution in [1.82, 2.24) is 4.98 Å². The van der Waals surface area contributed by atoms with Crippen LogP contribution in [0.4, 0.5) is 5.82 Å². The molecule has 2 aliphatic rings. The number of pyridine rings is 1. The lowest BCUT2D eigenvalue weighted by atomic mass is 9.84. The van der Waals surface area contributed by atoms with E-state index in [1.807, 2.05) is 25.3 Å². The first-order valence-corrected chi connectivity index (χ1v) is 6.57. The van der Waals surface area contributed by atoms with E-state index in [0.29, 0.717) is 11.8 Å². The Hall–Kier alpha value is -1.58. The fourth-order valence-electron chi connectivity index (χ4n) is 3.58. The minimum atomic E-state index is -0.660. The number of carboxylic acids is 1. The van der Waals surface area contributed by atoms with Gasteiger partial charge in [0.2, 0.25) is 0 Å². The number of nitrogens with one attached hydrogen (secondary N) is 1. The zero-order valence-electron chi connectivity index (χ0n) is 10.5. The number of carbonyl (C=O) groups is 1. The second kappa shape index (κ2) is 4.26. The first-order valence-electron chi connectivity index (χ1n) is 6.57. The Morgan fingerprint density at radius 2 is 2.17 bits per heavy atom. The molecule has 4 atom stereocenters. The highest BCUT2D eigenvalue weighted by Gasteiger charge is 2.51. The number of aromatic nitrogens is 1. The van der Waals surface area contributed by atoms with Crippen LogP contribution in [0.2, 0.25) is 0 Å². The van der Waals surface area contributed by atoms with Crippen molar-refractivity contribution in [3.63, 3.8) is 0 Å². The van der Waals surface area contributed by atoms with Gasteiger partial charge in [0.15, 0.2) is 0 Å². The molecule has 2 saturated carbocycles. The van der Waals surface area contributed by atoms with Gasteiger partial charge >= 0.3 is 5.97 Å². The van der Waals surface area contributed by atoms with Gasteiger partial charge in [-0.25, -0.2) is 4.98 Å². The van der Waals surface area contributed by atoms with Crippen molar-refractivity contribution in [3.05, 3.63) is 23.9 Å². The quantitative estimate of drug-likeness (QED) is 0.859. The minimum Gasteiger partial charge on any atom is -0.481 e. The molecule has 0 spiro atoms. The average molecular weight is 246 g/mol. The van der Waals surface area contributed by atoms with Gasteiger partial charge in [0.05, 0.1) is 5.92 Å². The maximum atomic E-state index is 11.4. The van der Waals surface area contributed by atoms with Gasteiger partial charge in [-0.1, -0.05) is 6.07 Å². The van der Waals surface area contributed by atoms with Gasteiger partial charge in [0.25, 0.3) is 0 Å². The van der Waals surface area contributed by atoms with Crippen molar-refractivity contribution in [3.8, 4) is 0 Å². The van der Waals surface area contributed by atoms with E-state index in [1.54, 1.807) is 0 Å². The van der Waals surface area contributed by atoms with Gasteiger partial charge in [0.1, 0.15) is 5.82 Å². The van der Waals surface area contributed by atoms with E-state index in [9.17, 15) is 9.90 Å². The smallest absolute Gasteiger partial charge is 0.308 e. The molecule has 0 saturated heterocycles. The summed E-state index contributed by atoms with van der Waals surface area (Å²) in [4.78, 5) is 15.7. The maximum absolute atomic E-state index is 11.4. The number of fused-ring (bicyclic) bond motifs is 2. The van der Waals surface area contributed by atoms with E-state index < -0.39 is 5.97 Å². The van der Waals surface area contributed by atoms with Gasteiger partial charge in [0, 0.05) is 12.2 Å². The van der Waals surface area contributed by atoms with Gasteiger partial charge in [-0.2, -0.15) is 0 Å². The highest BCUT2D eigenvalue weighted by Crippen LogP contribution is 2.49. The van der Waals surface area contributed by atoms with Crippen molar-refractivity contribution in [1.29, 1.82) is 0 Å². The lowest BCUT2D eigenvalue weighted by molar-refractivity contribution is -0.143. The molecule has 4 heteroatoms. The molecule has 1 heterocycles. The number of carboxylic acid groups (broad SMARTS) is 1. The van der Waals surface area contributed by atoms with E-state index in [0.717, 1.165) is 30.6 Å². The molecule has 96 valence electrons. The molecule has 0 aliphatic heterocycles. The maximum Gasteiger partial charge on any atom is 0.308 e. The third-order valence-corrected chi connectivity index (χ3v) is 4.43. The monoisotopic (exact) mass is 246 g/mol. The van der Waals surface area contributed by atoms with Crippen LogP contribution in [0.5, 0.6) is 0 Å². The summed E-state index contributed by atoms with van der Waals surface area (Å²) in [5.74, 6) is 0.748. The van der Waals surface area contributed by atoms with Crippen molar-refractivity contribution in [2.45, 2.75) is 32.2 Å². The Morgan fingerprint density at radius 3 is 2.83 bits per heavy atom. The molecule has 4 nitrogen and oxygen atoms in total. The topological polar surface area (TPSA) is 62.2 Å². The first kappa shape index (κ1) is 11.5. The predicted octanol–water partition coefficient (Wildman–Crippen LogP) is 2.30. The van der Waals surface area contributed by atoms with Gasteiger partial charge in [-0.3, -0.25) is 4.79 Å². The molecule has 1 aromatic heterocycles. The number of hydrogen-bond donors (Lipinski definition) is 2. The van der Waals surface area contributed by atoms with Crippen LogP contribution in [0.15, 0.2) is 18.3 Å². The third-order valence-electron chi connectivity index (χ3n) is 4.43. The first-order chi connectivity index (χ1) is 8.65. The second-order valence-corrected chi connectivity index (χ2v) is 5.59. The molecular formula is C14H18N2O2. The highest BCUT2D eigenvalue weighted by atomic mass is 16.4. The van der Waals surface area contributed by atoms with Crippen molar-refractivity contribution < 1.29 is 9.90 Å². The fraction of sp³-hybridized carbons (Fsp3) is 0.571. The van der Waals surface area contributed by atoms with Crippen LogP contribution in [-0.4, -0.2) is 22.1 Å². The standard InChI is InChI=1S/C14H18N2O2/c1-8-2-5-11(15-7-8)16-13-10-4-3-9(6-10)12(13)14(17)18/h2,5,7,9-10,12-13H,3-4,6H2,1H3,(H,15,16)(H,17,18). The second-order valence-electron chi connectivity index (χ2n) is 5.59. The summed E-state index contributed by atoms with van der Waals surface area (Å²) in [5.41, 5.74) is 1.11. The van der Waals surface area contributed by atoms with E-state index >= 15 is 0 Å². The van der Waals surface area contributed by atoms with E-state index in [-0.39, 0.29) is 12.0 Å². The molecule has 18 heavy (non-hydrogen) atoms. The molecule has 2 aliphatic carbocycles. The van der Waals surface area contributed by atoms with E-state index in [1.165, 1.54) is 0 Å². The predicted molar refractivity (Wildman–Crippen MR) is 68.3 cm³/mol. The van der Waals surface area contributed by atoms with Crippen LogP contribution in [0.25, 0.3) is 0 Å². The summed E-state index contributed by atoms with van der Waals surface area (Å²) in [6.45, 7) is 1.99. The van der Waals surface area contributed by atoms with Crippen LogP contribution in [-0.2, 0) is 4.79 Å². The lowest BCUT2D eigenvalue weighted by Gasteiger charge is -2.29. The average Bonchev–Trinajstić information content (AvgIpc) is 2.92. The van der Waals surface area contributed by atoms with Crippen LogP contribution in [0, 0.1) is 24.7 Å². The molecule has 4 unspecified atom stereocenters. The van der Waals surface area contributed by atoms with Crippen molar-refractivity contribution in [2.24, 2.45) is 17.8 Å². The number of aliphatic carboxylic acids is 1. The van der Waals surface area contributed by atoms with Crippen molar-refractivity contribution in [2.75, 3.05) is 5.32 Å². The molecule has 2 N–H and O–H groups in total. The summed E-state index contributed by atoms with van der Waals surface area (Å²) >= 11 is 0. The SMILES string of the molecule is Cc1ccc(NC2C3CCC(C3)C2C(=O)O)nc1. The van der Waals surface area contributed by atoms with Crippen LogP contribution >= 0.6 is 0 Å². The Labute approximate surface area is 106 Å². The Morgan fingerprint density at radius 1 is 1.39 bits per heavy atom. The van der Waals surface area contributed by atoms with Gasteiger partial charge in [-0.15, -0.1) is 0 Å². The molecule has 0 radical (unpaired) electrons. The molecule has 2 fully saturated rings. The summed E-state index contributed by atoms with van der Waals surface area (Å²) in [5, 5.41) is 12.7. The fourth-order valence-corrected chi connectivity index (χ4v) is 3.58. The van der Waals surface area contributed by atoms with Gasteiger partial charge in [-0.05, 0) is 49.7 Å². The normalized spacial score (nSPS) is 33.6. The van der Waals surface area contributed by atoms with Crippen LogP contribution < -0.4 is 5.32 Å². The summed E-state index contributed by atoms with van der Waals surface area (Å²) in [7, 11) is 0. The number of hydrogen-bond acceptors (Lipinski definition) is 3. The number of aryl methyl sites for hydroxylation is 1. The number of anilines is 1. The molecule has 1 aromatic rings. The number of nitrogens with zero attached hydrogens (tertiary/aromatic N) is 1. The zero-order chi connectivity index (χ0) is 12.7. The largest absolute Gasteiger partial charge is 0.481 e. The molecule has 0 amide bonds. The highest BCUT2D eigenvalue weighted by molar-refractivity contribution is 5.73. The molecule has 2 bridgehead atoms. The summed E-state index contributed by atoms with van der Waals surface area (Å²) in [6, 6.07) is 3.98. The van der Waals surface area contributed by atoms with Gasteiger partial charge < -0.3 is 10.4 Å².